The maximum atomic E-state index is 13.3. The monoisotopic (exact) mass is 325 g/mol. The van der Waals surface area contributed by atoms with E-state index >= 15 is 0 Å². The number of fused-ring (bicyclic) bond motifs is 1. The van der Waals surface area contributed by atoms with E-state index in [4.69, 9.17) is 11.6 Å². The Morgan fingerprint density at radius 3 is 2.71 bits per heavy atom. The molecule has 0 radical (unpaired) electrons. The summed E-state index contributed by atoms with van der Waals surface area (Å²) in [7, 11) is 0. The van der Waals surface area contributed by atoms with Gasteiger partial charge in [0.1, 0.15) is 11.6 Å². The number of benzene rings is 1. The van der Waals surface area contributed by atoms with Crippen LogP contribution in [0, 0.1) is 15.2 Å². The highest BCUT2D eigenvalue weighted by Crippen LogP contribution is 2.29. The van der Waals surface area contributed by atoms with Crippen molar-refractivity contribution in [2.45, 2.75) is 0 Å². The zero-order valence-corrected chi connectivity index (χ0v) is 9.60. The summed E-state index contributed by atoms with van der Waals surface area (Å²) in [5.41, 5.74) is 0.230. The van der Waals surface area contributed by atoms with Crippen LogP contribution in [0.15, 0.2) is 18.3 Å². The molecule has 0 bridgehead atoms. The molecule has 5 heteroatoms. The number of rotatable bonds is 0. The van der Waals surface area contributed by atoms with E-state index in [0.29, 0.717) is 3.57 Å². The van der Waals surface area contributed by atoms with E-state index in [1.165, 1.54) is 6.20 Å². The van der Waals surface area contributed by atoms with Crippen LogP contribution in [0.5, 0.6) is 0 Å². The van der Waals surface area contributed by atoms with Crippen LogP contribution in [0.3, 0.4) is 0 Å². The van der Waals surface area contributed by atoms with Gasteiger partial charge in [-0.25, -0.2) is 8.78 Å². The molecule has 0 atom stereocenters. The van der Waals surface area contributed by atoms with Crippen molar-refractivity contribution in [3.8, 4) is 0 Å². The van der Waals surface area contributed by atoms with Gasteiger partial charge in [-0.1, -0.05) is 11.6 Å². The van der Waals surface area contributed by atoms with Gasteiger partial charge in [-0.15, -0.1) is 0 Å². The molecule has 1 aromatic carbocycles. The Morgan fingerprint density at radius 2 is 2.00 bits per heavy atom. The lowest BCUT2D eigenvalue weighted by Crippen LogP contribution is -1.89. The van der Waals surface area contributed by atoms with Gasteiger partial charge in [-0.2, -0.15) is 0 Å². The highest BCUT2D eigenvalue weighted by molar-refractivity contribution is 14.1. The largest absolute Gasteiger partial charge is 0.255 e. The van der Waals surface area contributed by atoms with E-state index in [2.05, 4.69) is 4.98 Å². The molecule has 2 aromatic rings. The first-order valence-corrected chi connectivity index (χ1v) is 5.14. The number of hydrogen-bond acceptors (Lipinski definition) is 1. The predicted molar refractivity (Wildman–Crippen MR) is 59.4 cm³/mol. The number of halogens is 4. The summed E-state index contributed by atoms with van der Waals surface area (Å²) in [6.07, 6.45) is 1.48. The lowest BCUT2D eigenvalue weighted by molar-refractivity contribution is 0.591. The fourth-order valence-electron chi connectivity index (χ4n) is 1.18. The lowest BCUT2D eigenvalue weighted by Gasteiger charge is -2.03. The van der Waals surface area contributed by atoms with E-state index in [1.54, 1.807) is 0 Å². The van der Waals surface area contributed by atoms with Crippen LogP contribution in [0.1, 0.15) is 0 Å². The van der Waals surface area contributed by atoms with E-state index in [-0.39, 0.29) is 15.9 Å². The van der Waals surface area contributed by atoms with Crippen LogP contribution in [0.2, 0.25) is 5.02 Å². The quantitative estimate of drug-likeness (QED) is 0.672. The minimum Gasteiger partial charge on any atom is -0.255 e. The first kappa shape index (κ1) is 10.0. The van der Waals surface area contributed by atoms with E-state index in [9.17, 15) is 8.78 Å². The highest BCUT2D eigenvalue weighted by atomic mass is 127. The molecule has 2 rings (SSSR count). The summed E-state index contributed by atoms with van der Waals surface area (Å²) < 4.78 is 26.8. The Labute approximate surface area is 97.2 Å². The van der Waals surface area contributed by atoms with Gasteiger partial charge in [0, 0.05) is 18.3 Å². The molecule has 1 nitrogen and oxygen atoms in total. The van der Waals surface area contributed by atoms with Crippen molar-refractivity contribution < 1.29 is 8.78 Å². The molecule has 0 N–H and O–H groups in total. The molecule has 0 aliphatic heterocycles. The molecule has 0 aliphatic carbocycles. The van der Waals surface area contributed by atoms with Crippen molar-refractivity contribution in [1.82, 2.24) is 4.98 Å². The van der Waals surface area contributed by atoms with Crippen molar-refractivity contribution in [3.05, 3.63) is 38.6 Å². The van der Waals surface area contributed by atoms with Crippen molar-refractivity contribution in [2.24, 2.45) is 0 Å². The molecule has 14 heavy (non-hydrogen) atoms. The Balaban J connectivity index is 2.95. The second-order valence-corrected chi connectivity index (χ2v) is 4.24. The minimum absolute atomic E-state index is 0.167. The molecule has 0 fully saturated rings. The van der Waals surface area contributed by atoms with Gasteiger partial charge < -0.3 is 0 Å². The van der Waals surface area contributed by atoms with Gasteiger partial charge in [0.25, 0.3) is 0 Å². The fraction of sp³-hybridized carbons (Fsp3) is 0. The first-order valence-electron chi connectivity index (χ1n) is 3.68. The molecule has 1 heterocycles. The molecule has 1 aromatic heterocycles. The van der Waals surface area contributed by atoms with Gasteiger partial charge in [0.2, 0.25) is 0 Å². The Morgan fingerprint density at radius 1 is 1.29 bits per heavy atom. The Bertz CT molecular complexity index is 516. The van der Waals surface area contributed by atoms with Gasteiger partial charge >= 0.3 is 0 Å². The van der Waals surface area contributed by atoms with Crippen molar-refractivity contribution >= 4 is 45.1 Å². The molecular formula is C9H3ClF2IN. The fourth-order valence-corrected chi connectivity index (χ4v) is 1.83. The average Bonchev–Trinajstić information content (AvgIpc) is 2.10. The second-order valence-electron chi connectivity index (χ2n) is 2.70. The zero-order chi connectivity index (χ0) is 10.3. The second kappa shape index (κ2) is 3.58. The number of aromatic nitrogens is 1. The summed E-state index contributed by atoms with van der Waals surface area (Å²) >= 11 is 7.82. The first-order chi connectivity index (χ1) is 6.59. The third kappa shape index (κ3) is 1.56. The molecule has 0 saturated carbocycles. The molecule has 0 aliphatic rings. The topological polar surface area (TPSA) is 12.9 Å². The van der Waals surface area contributed by atoms with Crippen molar-refractivity contribution in [3.63, 3.8) is 0 Å². The highest BCUT2D eigenvalue weighted by Gasteiger charge is 2.11. The number of hydrogen-bond donors (Lipinski definition) is 0. The molecule has 0 saturated heterocycles. The normalized spacial score (nSPS) is 10.9. The van der Waals surface area contributed by atoms with E-state index in [1.807, 2.05) is 22.6 Å². The Kier molecular flexibility index (Phi) is 2.57. The van der Waals surface area contributed by atoms with Crippen LogP contribution in [-0.4, -0.2) is 4.98 Å². The van der Waals surface area contributed by atoms with Crippen LogP contribution in [0.25, 0.3) is 10.9 Å². The van der Waals surface area contributed by atoms with Gasteiger partial charge in [0.15, 0.2) is 0 Å². The molecule has 0 spiro atoms. The number of nitrogens with zero attached hydrogens (tertiary/aromatic N) is 1. The zero-order valence-electron chi connectivity index (χ0n) is 6.69. The molecular weight excluding hydrogens is 322 g/mol. The smallest absolute Gasteiger partial charge is 0.137 e. The summed E-state index contributed by atoms with van der Waals surface area (Å²) in [4.78, 5) is 3.89. The predicted octanol–water partition coefficient (Wildman–Crippen LogP) is 3.77. The third-order valence-corrected chi connectivity index (χ3v) is 3.31. The SMILES string of the molecule is Fc1cc(F)c2c(Cl)c(I)cnc2c1. The van der Waals surface area contributed by atoms with Gasteiger partial charge in [-0.3, -0.25) is 4.98 Å². The summed E-state index contributed by atoms with van der Waals surface area (Å²) in [6.45, 7) is 0. The standard InChI is InChI=1S/C9H3ClF2IN/c10-9-6(13)3-14-7-2-4(11)1-5(12)8(7)9/h1-3H. The van der Waals surface area contributed by atoms with Crippen molar-refractivity contribution in [2.75, 3.05) is 0 Å². The van der Waals surface area contributed by atoms with Crippen LogP contribution < -0.4 is 0 Å². The number of pyridine rings is 1. The van der Waals surface area contributed by atoms with Crippen LogP contribution in [-0.2, 0) is 0 Å². The maximum Gasteiger partial charge on any atom is 0.137 e. The van der Waals surface area contributed by atoms with Crippen LogP contribution >= 0.6 is 34.2 Å². The Hall–Kier alpha value is -0.490. The third-order valence-electron chi connectivity index (χ3n) is 1.78. The maximum absolute atomic E-state index is 13.3. The average molecular weight is 325 g/mol. The minimum atomic E-state index is -0.684. The molecule has 0 unspecified atom stereocenters. The summed E-state index contributed by atoms with van der Waals surface area (Å²) in [5.74, 6) is -1.34. The van der Waals surface area contributed by atoms with Crippen molar-refractivity contribution in [1.29, 1.82) is 0 Å². The summed E-state index contributed by atoms with van der Waals surface area (Å²) in [5, 5.41) is 0.438. The van der Waals surface area contributed by atoms with Gasteiger partial charge in [-0.05, 0) is 22.6 Å². The molecule has 72 valence electrons. The lowest BCUT2D eigenvalue weighted by atomic mass is 10.2. The van der Waals surface area contributed by atoms with E-state index < -0.39 is 11.6 Å². The van der Waals surface area contributed by atoms with Crippen LogP contribution in [0.4, 0.5) is 8.78 Å². The summed E-state index contributed by atoms with van der Waals surface area (Å²) in [6, 6.07) is 1.95. The molecule has 0 amide bonds. The van der Waals surface area contributed by atoms with E-state index in [0.717, 1.165) is 12.1 Å². The van der Waals surface area contributed by atoms with Gasteiger partial charge in [0.05, 0.1) is 19.5 Å².